The van der Waals surface area contributed by atoms with Crippen LogP contribution in [0.3, 0.4) is 0 Å². The van der Waals surface area contributed by atoms with Gasteiger partial charge < -0.3 is 15.5 Å². The van der Waals surface area contributed by atoms with Gasteiger partial charge in [0, 0.05) is 27.8 Å². The molecule has 0 radical (unpaired) electrons. The van der Waals surface area contributed by atoms with Crippen LogP contribution in [0.4, 0.5) is 42.2 Å². The third-order valence-electron chi connectivity index (χ3n) is 6.00. The van der Waals surface area contributed by atoms with Gasteiger partial charge >= 0.3 is 6.18 Å². The van der Waals surface area contributed by atoms with E-state index in [0.717, 1.165) is 23.1 Å². The SMILES string of the molecule is O=C(Nc1cc(N2CC(F)(F)C2)nc2c1[C@H](c1cc(F)ccc1Cl)NC2=O)c1cc(F)cc(C(F)(F)F)c1. The largest absolute Gasteiger partial charge is 0.416 e. The molecule has 0 unspecified atom stereocenters. The molecule has 38 heavy (non-hydrogen) atoms. The molecule has 6 nitrogen and oxygen atoms in total. The number of carbonyl (C=O) groups excluding carboxylic acids is 2. The van der Waals surface area contributed by atoms with Gasteiger partial charge in [-0.3, -0.25) is 9.59 Å². The second kappa shape index (κ2) is 8.86. The van der Waals surface area contributed by atoms with Crippen molar-refractivity contribution in [1.29, 1.82) is 0 Å². The topological polar surface area (TPSA) is 74.3 Å². The van der Waals surface area contributed by atoms with Crippen molar-refractivity contribution >= 4 is 34.9 Å². The molecule has 3 heterocycles. The van der Waals surface area contributed by atoms with Crippen molar-refractivity contribution in [2.24, 2.45) is 0 Å². The Hall–Kier alpha value is -3.87. The average molecular weight is 559 g/mol. The number of hydrogen-bond acceptors (Lipinski definition) is 4. The maximum Gasteiger partial charge on any atom is 0.416 e. The maximum absolute atomic E-state index is 14.0. The number of alkyl halides is 5. The second-order valence-corrected chi connectivity index (χ2v) is 9.16. The number of nitrogens with zero attached hydrogens (tertiary/aromatic N) is 2. The first-order chi connectivity index (χ1) is 17.7. The van der Waals surface area contributed by atoms with Crippen LogP contribution in [0.15, 0.2) is 42.5 Å². The van der Waals surface area contributed by atoms with Crippen LogP contribution in [-0.2, 0) is 6.18 Å². The van der Waals surface area contributed by atoms with Gasteiger partial charge in [0.25, 0.3) is 17.7 Å². The predicted octanol–water partition coefficient (Wildman–Crippen LogP) is 5.57. The molecule has 2 aliphatic heterocycles. The van der Waals surface area contributed by atoms with Gasteiger partial charge in [0.2, 0.25) is 0 Å². The summed E-state index contributed by atoms with van der Waals surface area (Å²) < 4.78 is 94.4. The summed E-state index contributed by atoms with van der Waals surface area (Å²) in [6.07, 6.45) is -4.94. The van der Waals surface area contributed by atoms with E-state index in [-0.39, 0.29) is 39.4 Å². The summed E-state index contributed by atoms with van der Waals surface area (Å²) in [5, 5.41) is 4.90. The van der Waals surface area contributed by atoms with E-state index in [1.165, 1.54) is 6.07 Å². The van der Waals surface area contributed by atoms with E-state index >= 15 is 0 Å². The molecular weight excluding hydrogens is 545 g/mol. The van der Waals surface area contributed by atoms with Gasteiger partial charge in [0.1, 0.15) is 23.1 Å². The lowest BCUT2D eigenvalue weighted by Crippen LogP contribution is -2.56. The van der Waals surface area contributed by atoms with Gasteiger partial charge in [0.15, 0.2) is 0 Å². The first kappa shape index (κ1) is 25.8. The fourth-order valence-corrected chi connectivity index (χ4v) is 4.49. The molecule has 0 spiro atoms. The molecule has 2 amide bonds. The van der Waals surface area contributed by atoms with E-state index in [1.807, 2.05) is 0 Å². The molecule has 1 aromatic heterocycles. The van der Waals surface area contributed by atoms with Crippen molar-refractivity contribution < 1.29 is 40.3 Å². The number of carbonyl (C=O) groups is 2. The van der Waals surface area contributed by atoms with Crippen LogP contribution in [0.25, 0.3) is 0 Å². The summed E-state index contributed by atoms with van der Waals surface area (Å²) in [7, 11) is 0. The van der Waals surface area contributed by atoms with E-state index in [4.69, 9.17) is 11.6 Å². The fraction of sp³-hybridized carbons (Fsp3) is 0.208. The number of hydrogen-bond donors (Lipinski definition) is 2. The van der Waals surface area contributed by atoms with Crippen LogP contribution < -0.4 is 15.5 Å². The Morgan fingerprint density at radius 2 is 1.79 bits per heavy atom. The molecule has 198 valence electrons. The van der Waals surface area contributed by atoms with Crippen LogP contribution in [0.2, 0.25) is 5.02 Å². The van der Waals surface area contributed by atoms with E-state index in [2.05, 4.69) is 15.6 Å². The van der Waals surface area contributed by atoms with Crippen LogP contribution in [0, 0.1) is 11.6 Å². The smallest absolute Gasteiger partial charge is 0.344 e. The molecule has 2 aromatic carbocycles. The number of benzene rings is 2. The highest BCUT2D eigenvalue weighted by Crippen LogP contribution is 2.42. The Morgan fingerprint density at radius 3 is 2.45 bits per heavy atom. The molecule has 0 saturated carbocycles. The number of nitrogens with one attached hydrogen (secondary N) is 2. The van der Waals surface area contributed by atoms with Crippen molar-refractivity contribution in [1.82, 2.24) is 10.3 Å². The number of anilines is 2. The maximum atomic E-state index is 14.0. The first-order valence-electron chi connectivity index (χ1n) is 10.8. The number of pyridine rings is 1. The minimum atomic E-state index is -4.94. The number of halogens is 8. The van der Waals surface area contributed by atoms with Crippen LogP contribution >= 0.6 is 11.6 Å². The number of rotatable bonds is 4. The Balaban J connectivity index is 1.61. The zero-order valence-electron chi connectivity index (χ0n) is 18.8. The molecule has 1 atom stereocenters. The minimum Gasteiger partial charge on any atom is -0.344 e. The van der Waals surface area contributed by atoms with E-state index in [0.29, 0.717) is 12.1 Å². The molecule has 1 fully saturated rings. The number of aromatic nitrogens is 1. The van der Waals surface area contributed by atoms with Gasteiger partial charge in [-0.2, -0.15) is 13.2 Å². The molecule has 2 N–H and O–H groups in total. The van der Waals surface area contributed by atoms with Crippen molar-refractivity contribution in [3.8, 4) is 0 Å². The third-order valence-corrected chi connectivity index (χ3v) is 6.34. The lowest BCUT2D eigenvalue weighted by molar-refractivity contribution is -0.137. The van der Waals surface area contributed by atoms with Crippen molar-refractivity contribution in [2.45, 2.75) is 18.1 Å². The average Bonchev–Trinajstić information content (AvgIpc) is 3.14. The highest BCUT2D eigenvalue weighted by molar-refractivity contribution is 6.31. The monoisotopic (exact) mass is 558 g/mol. The van der Waals surface area contributed by atoms with Crippen molar-refractivity contribution in [3.05, 3.63) is 87.1 Å². The molecule has 2 aliphatic rings. The third kappa shape index (κ3) is 4.73. The van der Waals surface area contributed by atoms with Gasteiger partial charge in [-0.25, -0.2) is 22.5 Å². The summed E-state index contributed by atoms with van der Waals surface area (Å²) >= 11 is 6.20. The fourth-order valence-electron chi connectivity index (χ4n) is 4.27. The van der Waals surface area contributed by atoms with Crippen LogP contribution in [0.5, 0.6) is 0 Å². The van der Waals surface area contributed by atoms with Gasteiger partial charge in [-0.15, -0.1) is 0 Å². The van der Waals surface area contributed by atoms with Crippen molar-refractivity contribution in [3.63, 3.8) is 0 Å². The van der Waals surface area contributed by atoms with E-state index in [9.17, 15) is 40.3 Å². The summed E-state index contributed by atoms with van der Waals surface area (Å²) in [6, 6.07) is 4.54. The molecule has 5 rings (SSSR count). The van der Waals surface area contributed by atoms with Gasteiger partial charge in [0.05, 0.1) is 30.4 Å². The highest BCUT2D eigenvalue weighted by Gasteiger charge is 2.46. The van der Waals surface area contributed by atoms with E-state index < -0.39 is 65.8 Å². The molecule has 0 bridgehead atoms. The van der Waals surface area contributed by atoms with Crippen LogP contribution in [-0.4, -0.2) is 35.8 Å². The molecule has 0 aliphatic carbocycles. The molecular formula is C24H14ClF7N4O2. The quantitative estimate of drug-likeness (QED) is 0.411. The summed E-state index contributed by atoms with van der Waals surface area (Å²) in [4.78, 5) is 31.0. The molecule has 1 saturated heterocycles. The standard InChI is InChI=1S/C24H14ClF7N4O2/c25-15-2-1-12(26)6-14(15)19-18-16(33-21(37)10-3-11(24(30,31)32)5-13(27)4-10)7-17(34-20(18)22(38)35-19)36-8-23(28,29)9-36/h1-7,19H,8-9H2,(H,35,38)(H,33,34,37)/t19-/m0/s1. The Morgan fingerprint density at radius 1 is 1.08 bits per heavy atom. The predicted molar refractivity (Wildman–Crippen MR) is 121 cm³/mol. The summed E-state index contributed by atoms with van der Waals surface area (Å²) in [6.45, 7) is -1.46. The normalized spacial score (nSPS) is 18.1. The summed E-state index contributed by atoms with van der Waals surface area (Å²) in [5.74, 6) is -7.15. The number of amides is 2. The number of fused-ring (bicyclic) bond motifs is 1. The second-order valence-electron chi connectivity index (χ2n) is 8.76. The highest BCUT2D eigenvalue weighted by atomic mass is 35.5. The Kier molecular flexibility index (Phi) is 6.01. The Bertz CT molecular complexity index is 1490. The van der Waals surface area contributed by atoms with Gasteiger partial charge in [-0.1, -0.05) is 11.6 Å². The molecule has 3 aromatic rings. The van der Waals surface area contributed by atoms with E-state index in [1.54, 1.807) is 0 Å². The Labute approximate surface area is 214 Å². The van der Waals surface area contributed by atoms with Crippen LogP contribution in [0.1, 0.15) is 43.6 Å². The minimum absolute atomic E-state index is 0.0284. The zero-order valence-corrected chi connectivity index (χ0v) is 19.5. The summed E-state index contributed by atoms with van der Waals surface area (Å²) in [5.41, 5.74) is -2.56. The zero-order chi connectivity index (χ0) is 27.6. The van der Waals surface area contributed by atoms with Gasteiger partial charge in [-0.05, 0) is 36.4 Å². The molecule has 14 heteroatoms. The van der Waals surface area contributed by atoms with Crippen molar-refractivity contribution in [2.75, 3.05) is 23.3 Å². The lowest BCUT2D eigenvalue weighted by Gasteiger charge is -2.39. The first-order valence-corrected chi connectivity index (χ1v) is 11.2. The lowest BCUT2D eigenvalue weighted by atomic mass is 9.98.